The molecule has 0 spiro atoms. The zero-order valence-corrected chi connectivity index (χ0v) is 7.64. The third kappa shape index (κ3) is 1.61. The first-order valence-electron chi connectivity index (χ1n) is 4.55. The lowest BCUT2D eigenvalue weighted by Gasteiger charge is -2.09. The molecule has 0 bridgehead atoms. The summed E-state index contributed by atoms with van der Waals surface area (Å²) in [5.41, 5.74) is 0.945. The van der Waals surface area contributed by atoms with Crippen LogP contribution < -0.4 is 0 Å². The van der Waals surface area contributed by atoms with Gasteiger partial charge in [0.25, 0.3) is 0 Å². The number of nitrogens with zero attached hydrogens (tertiary/aromatic N) is 1. The van der Waals surface area contributed by atoms with Crippen LogP contribution in [-0.2, 0) is 4.74 Å². The number of aromatic nitrogens is 1. The van der Waals surface area contributed by atoms with Crippen molar-refractivity contribution in [1.82, 2.24) is 4.98 Å². The summed E-state index contributed by atoms with van der Waals surface area (Å²) in [6.07, 6.45) is 2.48. The summed E-state index contributed by atoms with van der Waals surface area (Å²) >= 11 is 0. The maximum Gasteiger partial charge on any atom is 0.337 e. The Balaban J connectivity index is 2.35. The predicted molar refractivity (Wildman–Crippen MR) is 49.4 cm³/mol. The number of pyridine rings is 1. The van der Waals surface area contributed by atoms with Crippen LogP contribution in [0, 0.1) is 0 Å². The van der Waals surface area contributed by atoms with Gasteiger partial charge in [-0.2, -0.15) is 0 Å². The molecule has 0 radical (unpaired) electrons. The number of carbonyl (C=O) groups is 1. The van der Waals surface area contributed by atoms with Crippen molar-refractivity contribution in [2.24, 2.45) is 0 Å². The number of hydrogen-bond donors (Lipinski definition) is 1. The number of hydrogen-bond acceptors (Lipinski definition) is 3. The fraction of sp³-hybridized carbons (Fsp3) is 0.400. The van der Waals surface area contributed by atoms with Gasteiger partial charge in [0.2, 0.25) is 0 Å². The molecule has 4 nitrogen and oxygen atoms in total. The molecule has 1 aromatic heterocycles. The zero-order valence-electron chi connectivity index (χ0n) is 7.64. The van der Waals surface area contributed by atoms with Crippen LogP contribution in [0.4, 0.5) is 0 Å². The van der Waals surface area contributed by atoms with E-state index in [1.165, 1.54) is 0 Å². The van der Waals surface area contributed by atoms with Gasteiger partial charge in [-0.05, 0) is 18.6 Å². The lowest BCUT2D eigenvalue weighted by Crippen LogP contribution is -2.09. The average Bonchev–Trinajstić information content (AvgIpc) is 2.70. The molecule has 0 saturated carbocycles. The van der Waals surface area contributed by atoms with Gasteiger partial charge in [0.05, 0.1) is 17.9 Å². The second kappa shape index (κ2) is 3.75. The normalized spacial score (nSPS) is 21.0. The molecule has 0 aromatic carbocycles. The van der Waals surface area contributed by atoms with Crippen molar-refractivity contribution in [3.63, 3.8) is 0 Å². The van der Waals surface area contributed by atoms with Crippen LogP contribution in [0.5, 0.6) is 0 Å². The number of carboxylic acids is 1. The maximum absolute atomic E-state index is 10.9. The highest BCUT2D eigenvalue weighted by molar-refractivity contribution is 5.89. The summed E-state index contributed by atoms with van der Waals surface area (Å²) in [7, 11) is 0. The second-order valence-corrected chi connectivity index (χ2v) is 3.30. The average molecular weight is 193 g/mol. The molecule has 74 valence electrons. The fourth-order valence-electron chi connectivity index (χ4n) is 1.67. The Morgan fingerprint density at radius 1 is 1.64 bits per heavy atom. The van der Waals surface area contributed by atoms with Crippen LogP contribution in [0.15, 0.2) is 18.3 Å². The van der Waals surface area contributed by atoms with E-state index in [0.29, 0.717) is 24.5 Å². The first-order valence-corrected chi connectivity index (χ1v) is 4.55. The number of aromatic carboxylic acids is 1. The van der Waals surface area contributed by atoms with E-state index in [-0.39, 0.29) is 5.92 Å². The van der Waals surface area contributed by atoms with E-state index in [1.807, 2.05) is 0 Å². The largest absolute Gasteiger partial charge is 0.478 e. The van der Waals surface area contributed by atoms with Gasteiger partial charge in [0, 0.05) is 18.7 Å². The van der Waals surface area contributed by atoms with Crippen LogP contribution in [0.1, 0.15) is 28.4 Å². The Kier molecular flexibility index (Phi) is 2.45. The zero-order chi connectivity index (χ0) is 9.97. The lowest BCUT2D eigenvalue weighted by molar-refractivity contribution is 0.0694. The summed E-state index contributed by atoms with van der Waals surface area (Å²) in [6, 6.07) is 3.23. The van der Waals surface area contributed by atoms with Gasteiger partial charge in [-0.1, -0.05) is 0 Å². The predicted octanol–water partition coefficient (Wildman–Crippen LogP) is 1.28. The molecule has 2 rings (SSSR count). The molecule has 14 heavy (non-hydrogen) atoms. The molecule has 0 aliphatic carbocycles. The number of carboxylic acid groups (broad SMARTS) is 1. The van der Waals surface area contributed by atoms with Crippen molar-refractivity contribution >= 4 is 5.97 Å². The van der Waals surface area contributed by atoms with Crippen LogP contribution in [0.2, 0.25) is 0 Å². The highest BCUT2D eigenvalue weighted by atomic mass is 16.5. The molecule has 1 aromatic rings. The minimum Gasteiger partial charge on any atom is -0.478 e. The molecular weight excluding hydrogens is 182 g/mol. The Labute approximate surface area is 81.5 Å². The standard InChI is InChI=1S/C10H11NO3/c12-10(13)8-2-1-4-11-9(8)7-3-5-14-6-7/h1-2,4,7H,3,5-6H2,(H,12,13)/t7-/m1/s1. The van der Waals surface area contributed by atoms with Gasteiger partial charge < -0.3 is 9.84 Å². The third-order valence-electron chi connectivity index (χ3n) is 2.39. The first-order chi connectivity index (χ1) is 6.79. The van der Waals surface area contributed by atoms with E-state index in [1.54, 1.807) is 18.3 Å². The summed E-state index contributed by atoms with van der Waals surface area (Å²) in [6.45, 7) is 1.28. The van der Waals surface area contributed by atoms with E-state index in [9.17, 15) is 4.79 Å². The maximum atomic E-state index is 10.9. The van der Waals surface area contributed by atoms with Crippen LogP contribution in [0.25, 0.3) is 0 Å². The molecule has 0 unspecified atom stereocenters. The molecule has 1 fully saturated rings. The van der Waals surface area contributed by atoms with Crippen LogP contribution in [0.3, 0.4) is 0 Å². The van der Waals surface area contributed by atoms with Gasteiger partial charge in [-0.15, -0.1) is 0 Å². The summed E-state index contributed by atoms with van der Waals surface area (Å²) in [4.78, 5) is 15.0. The Hall–Kier alpha value is -1.42. The van der Waals surface area contributed by atoms with Crippen LogP contribution >= 0.6 is 0 Å². The quantitative estimate of drug-likeness (QED) is 0.768. The van der Waals surface area contributed by atoms with E-state index in [0.717, 1.165) is 6.42 Å². The van der Waals surface area contributed by atoms with Crippen molar-refractivity contribution in [1.29, 1.82) is 0 Å². The molecule has 1 N–H and O–H groups in total. The van der Waals surface area contributed by atoms with E-state index in [2.05, 4.69) is 4.98 Å². The molecule has 1 aliphatic heterocycles. The van der Waals surface area contributed by atoms with E-state index < -0.39 is 5.97 Å². The summed E-state index contributed by atoms with van der Waals surface area (Å²) in [5, 5.41) is 8.95. The van der Waals surface area contributed by atoms with E-state index in [4.69, 9.17) is 9.84 Å². The molecule has 1 saturated heterocycles. The topological polar surface area (TPSA) is 59.4 Å². The molecule has 4 heteroatoms. The van der Waals surface area contributed by atoms with Gasteiger partial charge in [0.15, 0.2) is 0 Å². The van der Waals surface area contributed by atoms with Crippen molar-refractivity contribution in [3.8, 4) is 0 Å². The molecular formula is C10H11NO3. The van der Waals surface area contributed by atoms with Crippen molar-refractivity contribution in [3.05, 3.63) is 29.6 Å². The first kappa shape index (κ1) is 9.15. The smallest absolute Gasteiger partial charge is 0.337 e. The highest BCUT2D eigenvalue weighted by Crippen LogP contribution is 2.25. The highest BCUT2D eigenvalue weighted by Gasteiger charge is 2.23. The van der Waals surface area contributed by atoms with Gasteiger partial charge in [-0.25, -0.2) is 4.79 Å². The second-order valence-electron chi connectivity index (χ2n) is 3.30. The minimum absolute atomic E-state index is 0.141. The monoisotopic (exact) mass is 193 g/mol. The lowest BCUT2D eigenvalue weighted by atomic mass is 9.99. The van der Waals surface area contributed by atoms with Crippen molar-refractivity contribution in [2.45, 2.75) is 12.3 Å². The number of rotatable bonds is 2. The van der Waals surface area contributed by atoms with Gasteiger partial charge in [0.1, 0.15) is 0 Å². The minimum atomic E-state index is -0.917. The molecule has 1 atom stereocenters. The van der Waals surface area contributed by atoms with Gasteiger partial charge in [-0.3, -0.25) is 4.98 Å². The summed E-state index contributed by atoms with van der Waals surface area (Å²) in [5.74, 6) is -0.776. The number of ether oxygens (including phenoxy) is 1. The van der Waals surface area contributed by atoms with Crippen molar-refractivity contribution in [2.75, 3.05) is 13.2 Å². The molecule has 0 amide bonds. The van der Waals surface area contributed by atoms with Crippen molar-refractivity contribution < 1.29 is 14.6 Å². The molecule has 1 aliphatic rings. The van der Waals surface area contributed by atoms with Crippen LogP contribution in [-0.4, -0.2) is 29.3 Å². The Morgan fingerprint density at radius 3 is 3.14 bits per heavy atom. The molecule has 2 heterocycles. The van der Waals surface area contributed by atoms with Gasteiger partial charge >= 0.3 is 5.97 Å². The Bertz CT molecular complexity index is 345. The SMILES string of the molecule is O=C(O)c1cccnc1[C@@H]1CCOC1. The Morgan fingerprint density at radius 2 is 2.50 bits per heavy atom. The summed E-state index contributed by atoms with van der Waals surface area (Å²) < 4.78 is 5.21. The third-order valence-corrected chi connectivity index (χ3v) is 2.39. The fourth-order valence-corrected chi connectivity index (χ4v) is 1.67. The van der Waals surface area contributed by atoms with E-state index >= 15 is 0 Å².